The maximum Gasteiger partial charge on any atom is 0.405 e. The van der Waals surface area contributed by atoms with Crippen molar-refractivity contribution in [3.8, 4) is 11.4 Å². The first kappa shape index (κ1) is 36.1. The molecule has 0 bridgehead atoms. The molecule has 1 amide bonds. The second-order valence-corrected chi connectivity index (χ2v) is 14.0. The highest BCUT2D eigenvalue weighted by Crippen LogP contribution is 2.38. The van der Waals surface area contributed by atoms with Gasteiger partial charge in [0, 0.05) is 31.7 Å². The van der Waals surface area contributed by atoms with E-state index in [4.69, 9.17) is 16.3 Å². The normalized spacial score (nSPS) is 12.3. The van der Waals surface area contributed by atoms with E-state index in [1.54, 1.807) is 24.3 Å². The quantitative estimate of drug-likeness (QED) is 0.162. The molecule has 0 saturated heterocycles. The Kier molecular flexibility index (Phi) is 9.59. The van der Waals surface area contributed by atoms with Crippen LogP contribution in [0.25, 0.3) is 27.5 Å². The number of nitrogens with zero attached hydrogens (tertiary/aromatic N) is 5. The zero-order valence-corrected chi connectivity index (χ0v) is 28.9. The lowest BCUT2D eigenvalue weighted by atomic mass is 10.0. The molecule has 1 atom stereocenters. The van der Waals surface area contributed by atoms with Crippen LogP contribution in [0.2, 0.25) is 5.02 Å². The number of fused-ring (bicyclic) bond motifs is 2. The van der Waals surface area contributed by atoms with Crippen molar-refractivity contribution in [2.45, 2.75) is 19.0 Å². The standard InChI is InChI=1S/C34H27ClF4N6O6S/c1-43-30-27(9-8-23(35)28(30)32(42-43)44(52(3,49)50)16-17-4-6-22(51-2)7-5-17)45-31(40-25-15-21(38)14-24(39)29(25)33(45)46)26(41-34(47)48)12-18-10-19(36)13-20(37)11-18/h4-11,13-15,26,41H,12,16H2,1-3H3,(H,47,48)/t26-/m0/s1. The van der Waals surface area contributed by atoms with Gasteiger partial charge < -0.3 is 15.2 Å². The molecule has 2 aromatic heterocycles. The lowest BCUT2D eigenvalue weighted by molar-refractivity contribution is 0.189. The smallest absolute Gasteiger partial charge is 0.405 e. The Balaban J connectivity index is 1.65. The van der Waals surface area contributed by atoms with Gasteiger partial charge in [-0.05, 0) is 47.5 Å². The first-order valence-corrected chi connectivity index (χ1v) is 17.4. The van der Waals surface area contributed by atoms with E-state index >= 15 is 4.39 Å². The number of benzene rings is 4. The predicted octanol–water partition coefficient (Wildman–Crippen LogP) is 6.01. The summed E-state index contributed by atoms with van der Waals surface area (Å²) in [5, 5.41) is 15.8. The van der Waals surface area contributed by atoms with Crippen LogP contribution in [0.5, 0.6) is 5.75 Å². The number of nitrogens with one attached hydrogen (secondary N) is 1. The summed E-state index contributed by atoms with van der Waals surface area (Å²) in [6, 6.07) is 11.4. The molecule has 0 spiro atoms. The Morgan fingerprint density at radius 1 is 0.981 bits per heavy atom. The first-order chi connectivity index (χ1) is 24.5. The van der Waals surface area contributed by atoms with Crippen molar-refractivity contribution in [1.29, 1.82) is 0 Å². The molecule has 18 heteroatoms. The van der Waals surface area contributed by atoms with Crippen molar-refractivity contribution in [2.24, 2.45) is 7.05 Å². The molecule has 4 aromatic carbocycles. The largest absolute Gasteiger partial charge is 0.497 e. The summed E-state index contributed by atoms with van der Waals surface area (Å²) in [4.78, 5) is 30.8. The van der Waals surface area contributed by atoms with Gasteiger partial charge in [0.05, 0.1) is 53.1 Å². The van der Waals surface area contributed by atoms with Gasteiger partial charge in [-0.25, -0.2) is 40.1 Å². The lowest BCUT2D eigenvalue weighted by Crippen LogP contribution is -2.35. The number of carboxylic acid groups (broad SMARTS) is 1. The van der Waals surface area contributed by atoms with E-state index in [2.05, 4.69) is 15.4 Å². The Morgan fingerprint density at radius 3 is 2.25 bits per heavy atom. The van der Waals surface area contributed by atoms with Gasteiger partial charge in [-0.15, -0.1) is 0 Å². The average Bonchev–Trinajstić information content (AvgIpc) is 3.39. The molecule has 0 aliphatic rings. The van der Waals surface area contributed by atoms with Crippen LogP contribution in [-0.4, -0.2) is 52.3 Å². The van der Waals surface area contributed by atoms with Crippen molar-refractivity contribution >= 4 is 55.3 Å². The molecule has 0 unspecified atom stereocenters. The number of hydrogen-bond acceptors (Lipinski definition) is 7. The number of aromatic nitrogens is 4. The molecule has 0 fully saturated rings. The van der Waals surface area contributed by atoms with Crippen molar-refractivity contribution < 1.29 is 40.6 Å². The summed E-state index contributed by atoms with van der Waals surface area (Å²) in [5.41, 5.74) is -1.18. The molecular weight excluding hydrogens is 732 g/mol. The molecule has 2 N–H and O–H groups in total. The van der Waals surface area contributed by atoms with Gasteiger partial charge >= 0.3 is 6.09 Å². The molecule has 270 valence electrons. The van der Waals surface area contributed by atoms with Crippen LogP contribution in [0.3, 0.4) is 0 Å². The highest BCUT2D eigenvalue weighted by Gasteiger charge is 2.30. The predicted molar refractivity (Wildman–Crippen MR) is 185 cm³/mol. The lowest BCUT2D eigenvalue weighted by Gasteiger charge is -2.23. The molecule has 6 aromatic rings. The van der Waals surface area contributed by atoms with Gasteiger partial charge in [0.1, 0.15) is 40.2 Å². The Bertz CT molecular complexity index is 2550. The molecule has 52 heavy (non-hydrogen) atoms. The van der Waals surface area contributed by atoms with Crippen molar-refractivity contribution in [2.75, 3.05) is 17.7 Å². The number of aryl methyl sites for hydroxylation is 1. The number of carbonyl (C=O) groups is 1. The van der Waals surface area contributed by atoms with Gasteiger partial charge in [-0.3, -0.25) is 14.0 Å². The van der Waals surface area contributed by atoms with E-state index in [0.29, 0.717) is 23.4 Å². The van der Waals surface area contributed by atoms with Crippen LogP contribution in [0.15, 0.2) is 71.5 Å². The Hall–Kier alpha value is -5.68. The van der Waals surface area contributed by atoms with E-state index in [1.807, 2.05) is 0 Å². The number of amides is 1. The third-order valence-corrected chi connectivity index (χ3v) is 9.56. The molecule has 0 saturated carbocycles. The van der Waals surface area contributed by atoms with Crippen molar-refractivity contribution in [3.05, 3.63) is 122 Å². The van der Waals surface area contributed by atoms with Gasteiger partial charge in [0.15, 0.2) is 5.82 Å². The van der Waals surface area contributed by atoms with Gasteiger partial charge in [-0.1, -0.05) is 23.7 Å². The molecule has 0 aliphatic heterocycles. The molecular formula is C34H27ClF4N6O6S. The minimum absolute atomic E-state index is 0.00252. The van der Waals surface area contributed by atoms with Crippen LogP contribution < -0.4 is 19.9 Å². The average molecular weight is 759 g/mol. The zero-order valence-electron chi connectivity index (χ0n) is 27.4. The molecule has 0 radical (unpaired) electrons. The van der Waals surface area contributed by atoms with Crippen LogP contribution in [0, 0.1) is 23.3 Å². The Morgan fingerprint density at radius 2 is 1.63 bits per heavy atom. The molecule has 2 heterocycles. The summed E-state index contributed by atoms with van der Waals surface area (Å²) in [6.07, 6.45) is -1.14. The fourth-order valence-corrected chi connectivity index (χ4v) is 7.04. The number of halogens is 5. The fourth-order valence-electron chi connectivity index (χ4n) is 5.98. The maximum absolute atomic E-state index is 15.3. The van der Waals surface area contributed by atoms with Gasteiger partial charge in [0.2, 0.25) is 10.0 Å². The van der Waals surface area contributed by atoms with Crippen LogP contribution in [-0.2, 0) is 30.0 Å². The van der Waals surface area contributed by atoms with Crippen molar-refractivity contribution in [3.63, 3.8) is 0 Å². The summed E-state index contributed by atoms with van der Waals surface area (Å²) >= 11 is 6.70. The van der Waals surface area contributed by atoms with E-state index in [0.717, 1.165) is 33.3 Å². The number of anilines is 1. The highest BCUT2D eigenvalue weighted by molar-refractivity contribution is 7.92. The molecule has 6 rings (SSSR count). The monoisotopic (exact) mass is 758 g/mol. The topological polar surface area (TPSA) is 149 Å². The highest BCUT2D eigenvalue weighted by atomic mass is 35.5. The number of rotatable bonds is 10. The molecule has 0 aliphatic carbocycles. The van der Waals surface area contributed by atoms with Crippen molar-refractivity contribution in [1.82, 2.24) is 24.6 Å². The minimum atomic E-state index is -4.06. The number of hydrogen-bond donors (Lipinski definition) is 2. The zero-order chi connectivity index (χ0) is 37.6. The van der Waals surface area contributed by atoms with E-state index in [9.17, 15) is 36.3 Å². The molecule has 12 nitrogen and oxygen atoms in total. The first-order valence-electron chi connectivity index (χ1n) is 15.2. The number of methoxy groups -OCH3 is 1. The minimum Gasteiger partial charge on any atom is -0.497 e. The second-order valence-electron chi connectivity index (χ2n) is 11.7. The van der Waals surface area contributed by atoms with Gasteiger partial charge in [-0.2, -0.15) is 5.10 Å². The van der Waals surface area contributed by atoms with Crippen LogP contribution >= 0.6 is 11.6 Å². The van der Waals surface area contributed by atoms with E-state index < -0.39 is 74.1 Å². The van der Waals surface area contributed by atoms with Crippen LogP contribution in [0.1, 0.15) is 23.0 Å². The fraction of sp³-hybridized carbons (Fsp3) is 0.176. The SMILES string of the molecule is COc1ccc(CN(c2nn(C)c3c(-n4c([C@H](Cc5cc(F)cc(F)c5)NC(=O)O)nc5cc(F)cc(F)c5c4=O)ccc(Cl)c23)S(C)(=O)=O)cc1. The van der Waals surface area contributed by atoms with E-state index in [1.165, 1.54) is 31.0 Å². The number of ether oxygens (including phenoxy) is 1. The maximum atomic E-state index is 15.3. The second kappa shape index (κ2) is 13.8. The third-order valence-electron chi connectivity index (χ3n) is 8.15. The summed E-state index contributed by atoms with van der Waals surface area (Å²) in [5.74, 6) is -4.34. The summed E-state index contributed by atoms with van der Waals surface area (Å²) < 4.78 is 93.0. The summed E-state index contributed by atoms with van der Waals surface area (Å²) in [6.45, 7) is -0.205. The summed E-state index contributed by atoms with van der Waals surface area (Å²) in [7, 11) is -1.16. The van der Waals surface area contributed by atoms with Crippen LogP contribution in [0.4, 0.5) is 28.2 Å². The number of sulfonamides is 1. The van der Waals surface area contributed by atoms with Gasteiger partial charge in [0.25, 0.3) is 5.56 Å². The third kappa shape index (κ3) is 6.96. The Labute approximate surface area is 297 Å². The van der Waals surface area contributed by atoms with E-state index in [-0.39, 0.29) is 39.5 Å².